The van der Waals surface area contributed by atoms with Gasteiger partial charge in [-0.15, -0.1) is 0 Å². The summed E-state index contributed by atoms with van der Waals surface area (Å²) in [4.78, 5) is 16.8. The number of carbonyl (C=O) groups excluding carboxylic acids is 1. The molecule has 0 aliphatic rings. The topological polar surface area (TPSA) is 26.3 Å². The van der Waals surface area contributed by atoms with Gasteiger partial charge in [0.25, 0.3) is 0 Å². The van der Waals surface area contributed by atoms with Crippen molar-refractivity contribution in [2.24, 2.45) is 0 Å². The molecule has 104 valence electrons. The van der Waals surface area contributed by atoms with Crippen LogP contribution >= 0.6 is 0 Å². The summed E-state index contributed by atoms with van der Waals surface area (Å²) in [6.07, 6.45) is 0. The van der Waals surface area contributed by atoms with Crippen molar-refractivity contribution >= 4 is 26.2 Å². The Hall–Kier alpha value is -1.27. The van der Waals surface area contributed by atoms with E-state index in [-0.39, 0.29) is 5.97 Å². The van der Waals surface area contributed by atoms with E-state index in [9.17, 15) is 4.79 Å². The Morgan fingerprint density at radius 1 is 1.00 bits per heavy atom. The summed E-state index contributed by atoms with van der Waals surface area (Å²) in [6, 6.07) is 17.0. The fourth-order valence-corrected chi connectivity index (χ4v) is 4.04. The summed E-state index contributed by atoms with van der Waals surface area (Å²) < 4.78 is 5.98. The SMILES string of the molecule is C[CH](c1ccc(C(=O)Oc2ccccc2)cc1)[Sb]([CH3])[CH3]. The molecule has 0 spiro atoms. The third-order valence-corrected chi connectivity index (χ3v) is 8.63. The van der Waals surface area contributed by atoms with Crippen LogP contribution < -0.4 is 4.74 Å². The zero-order valence-electron chi connectivity index (χ0n) is 12.0. The Kier molecular flexibility index (Phi) is 5.25. The van der Waals surface area contributed by atoms with Crippen LogP contribution in [0.4, 0.5) is 0 Å². The Morgan fingerprint density at radius 2 is 1.60 bits per heavy atom. The van der Waals surface area contributed by atoms with Gasteiger partial charge >= 0.3 is 128 Å². The molecular weight excluding hydrogens is 358 g/mol. The number of benzene rings is 2. The first-order valence-electron chi connectivity index (χ1n) is 6.61. The number of hydrogen-bond donors (Lipinski definition) is 0. The van der Waals surface area contributed by atoms with E-state index in [2.05, 4.69) is 28.8 Å². The normalized spacial score (nSPS) is 12.2. The van der Waals surface area contributed by atoms with Crippen LogP contribution in [0.25, 0.3) is 0 Å². The van der Waals surface area contributed by atoms with Gasteiger partial charge in [-0.25, -0.2) is 0 Å². The standard InChI is InChI=1S/C15H13O2.2CH3.Sb/c1-2-12-8-10-13(11-9-12)15(16)17-14-6-4-3-5-7-14;;;/h2-11H,1H3;2*1H3;. The van der Waals surface area contributed by atoms with E-state index < -0.39 is 20.2 Å². The second-order valence-corrected chi connectivity index (χ2v) is 12.7. The average molecular weight is 377 g/mol. The maximum atomic E-state index is 12.0. The van der Waals surface area contributed by atoms with Gasteiger partial charge in [0.15, 0.2) is 0 Å². The zero-order chi connectivity index (χ0) is 14.5. The first kappa shape index (κ1) is 15.1. The second-order valence-electron chi connectivity index (χ2n) is 4.96. The molecular formula is C17H19O2Sb. The van der Waals surface area contributed by atoms with Crippen molar-refractivity contribution < 1.29 is 9.53 Å². The molecule has 0 aliphatic heterocycles. The predicted octanol–water partition coefficient (Wildman–Crippen LogP) is 4.30. The van der Waals surface area contributed by atoms with Crippen molar-refractivity contribution in [3.05, 3.63) is 65.7 Å². The van der Waals surface area contributed by atoms with Gasteiger partial charge in [0.05, 0.1) is 0 Å². The molecule has 20 heavy (non-hydrogen) atoms. The summed E-state index contributed by atoms with van der Waals surface area (Å²) in [5.74, 6) is 0.271. The van der Waals surface area contributed by atoms with E-state index in [4.69, 9.17) is 4.74 Å². The summed E-state index contributed by atoms with van der Waals surface area (Å²) in [5.41, 5.74) is 1.93. The molecule has 2 rings (SSSR count). The van der Waals surface area contributed by atoms with E-state index in [0.717, 1.165) is 0 Å². The molecule has 0 aromatic heterocycles. The van der Waals surface area contributed by atoms with Gasteiger partial charge in [0.1, 0.15) is 0 Å². The molecule has 2 aromatic rings. The summed E-state index contributed by atoms with van der Waals surface area (Å²) in [5, 5.41) is 0. The Balaban J connectivity index is 2.08. The van der Waals surface area contributed by atoms with Crippen molar-refractivity contribution in [2.45, 2.75) is 20.5 Å². The molecule has 0 heterocycles. The summed E-state index contributed by atoms with van der Waals surface area (Å²) >= 11 is -1.12. The van der Waals surface area contributed by atoms with Crippen LogP contribution in [0.1, 0.15) is 26.7 Å². The number of hydrogen-bond acceptors (Lipinski definition) is 2. The molecule has 3 heteroatoms. The average Bonchev–Trinajstić information content (AvgIpc) is 2.47. The fourth-order valence-electron chi connectivity index (χ4n) is 1.85. The molecule has 0 amide bonds. The van der Waals surface area contributed by atoms with Crippen LogP contribution in [0, 0.1) is 0 Å². The van der Waals surface area contributed by atoms with Gasteiger partial charge in [-0.3, -0.25) is 0 Å². The van der Waals surface area contributed by atoms with Crippen molar-refractivity contribution in [1.29, 1.82) is 0 Å². The van der Waals surface area contributed by atoms with Crippen LogP contribution in [0.5, 0.6) is 5.75 Å². The Labute approximate surface area is 127 Å². The van der Waals surface area contributed by atoms with Crippen molar-refractivity contribution in [2.75, 3.05) is 0 Å². The monoisotopic (exact) mass is 376 g/mol. The molecule has 2 nitrogen and oxygen atoms in total. The van der Waals surface area contributed by atoms with E-state index in [0.29, 0.717) is 15.2 Å². The summed E-state index contributed by atoms with van der Waals surface area (Å²) in [6.45, 7) is 2.28. The number of carbonyl (C=O) groups is 1. The Bertz CT molecular complexity index is 561. The van der Waals surface area contributed by atoms with Crippen molar-refractivity contribution in [1.82, 2.24) is 0 Å². The van der Waals surface area contributed by atoms with Crippen LogP contribution in [0.2, 0.25) is 9.74 Å². The molecule has 1 unspecified atom stereocenters. The van der Waals surface area contributed by atoms with E-state index in [1.54, 1.807) is 12.1 Å². The Morgan fingerprint density at radius 3 is 2.15 bits per heavy atom. The molecule has 0 fully saturated rings. The first-order chi connectivity index (χ1) is 9.58. The van der Waals surface area contributed by atoms with Crippen molar-refractivity contribution in [3.8, 4) is 5.75 Å². The van der Waals surface area contributed by atoms with Gasteiger partial charge in [-0.05, 0) is 0 Å². The second kappa shape index (κ2) is 6.94. The third-order valence-electron chi connectivity index (χ3n) is 3.36. The molecule has 0 saturated carbocycles. The van der Waals surface area contributed by atoms with Crippen LogP contribution in [-0.2, 0) is 0 Å². The van der Waals surface area contributed by atoms with Crippen LogP contribution in [0.15, 0.2) is 54.6 Å². The van der Waals surface area contributed by atoms with Gasteiger partial charge in [0, 0.05) is 0 Å². The minimum atomic E-state index is -1.12. The molecule has 0 aliphatic carbocycles. The maximum absolute atomic E-state index is 12.0. The molecule has 0 N–H and O–H groups in total. The number of esters is 1. The summed E-state index contributed by atoms with van der Waals surface area (Å²) in [7, 11) is 0. The molecule has 0 radical (unpaired) electrons. The molecule has 2 aromatic carbocycles. The number of para-hydroxylation sites is 1. The van der Waals surface area contributed by atoms with Gasteiger partial charge in [-0.2, -0.15) is 0 Å². The van der Waals surface area contributed by atoms with E-state index in [1.807, 2.05) is 30.3 Å². The molecule has 1 atom stereocenters. The number of ether oxygens (including phenoxy) is 1. The fraction of sp³-hybridized carbons (Fsp3) is 0.235. The minimum absolute atomic E-state index is 0.305. The van der Waals surface area contributed by atoms with Gasteiger partial charge < -0.3 is 0 Å². The quantitative estimate of drug-likeness (QED) is 0.451. The number of rotatable bonds is 4. The first-order valence-corrected chi connectivity index (χ1v) is 13.2. The van der Waals surface area contributed by atoms with Crippen molar-refractivity contribution in [3.63, 3.8) is 0 Å². The van der Waals surface area contributed by atoms with E-state index >= 15 is 0 Å². The zero-order valence-corrected chi connectivity index (χ0v) is 14.6. The molecule has 0 saturated heterocycles. The third kappa shape index (κ3) is 3.86. The predicted molar refractivity (Wildman–Crippen MR) is 83.7 cm³/mol. The van der Waals surface area contributed by atoms with Crippen LogP contribution in [0.3, 0.4) is 0 Å². The molecule has 0 bridgehead atoms. The van der Waals surface area contributed by atoms with Gasteiger partial charge in [0.2, 0.25) is 0 Å². The van der Waals surface area contributed by atoms with Gasteiger partial charge in [-0.1, -0.05) is 0 Å². The van der Waals surface area contributed by atoms with E-state index in [1.165, 1.54) is 5.56 Å². The van der Waals surface area contributed by atoms with Crippen LogP contribution in [-0.4, -0.2) is 26.2 Å².